The highest BCUT2D eigenvalue weighted by molar-refractivity contribution is 5.97. The lowest BCUT2D eigenvalue weighted by Gasteiger charge is -2.43. The summed E-state index contributed by atoms with van der Waals surface area (Å²) in [5.74, 6) is 0.800. The van der Waals surface area contributed by atoms with Crippen LogP contribution < -0.4 is 20.9 Å². The number of pyridine rings is 1. The lowest BCUT2D eigenvalue weighted by Crippen LogP contribution is -2.56. The molecular formula is C27H36N4O4. The third-order valence-electron chi connectivity index (χ3n) is 6.88. The molecule has 0 radical (unpaired) electrons. The number of ether oxygens (including phenoxy) is 1. The Balaban J connectivity index is 1.37. The van der Waals surface area contributed by atoms with Gasteiger partial charge in [-0.3, -0.25) is 9.59 Å². The summed E-state index contributed by atoms with van der Waals surface area (Å²) in [4.78, 5) is 40.3. The Morgan fingerprint density at radius 3 is 2.57 bits per heavy atom. The van der Waals surface area contributed by atoms with E-state index in [4.69, 9.17) is 4.74 Å². The smallest absolute Gasteiger partial charge is 0.318 e. The maximum absolute atomic E-state index is 13.2. The molecule has 0 saturated carbocycles. The van der Waals surface area contributed by atoms with Crippen molar-refractivity contribution in [2.45, 2.75) is 58.5 Å². The molecule has 8 nitrogen and oxygen atoms in total. The number of nitrogens with one attached hydrogen (secondary N) is 2. The molecule has 1 fully saturated rings. The SMILES string of the molecule is CCCCOc1ccc(NC(=O)C(NC(=O)N2CC3CC(C2)c2cccc(=O)n2C3)C(C)C)cc1. The maximum atomic E-state index is 13.2. The van der Waals surface area contributed by atoms with Gasteiger partial charge in [-0.1, -0.05) is 33.3 Å². The van der Waals surface area contributed by atoms with E-state index in [0.717, 1.165) is 30.7 Å². The first-order valence-electron chi connectivity index (χ1n) is 12.6. The number of nitrogens with zero attached hydrogens (tertiary/aromatic N) is 2. The zero-order valence-corrected chi connectivity index (χ0v) is 20.8. The molecule has 3 unspecified atom stereocenters. The van der Waals surface area contributed by atoms with Gasteiger partial charge in [0.1, 0.15) is 11.8 Å². The molecule has 1 saturated heterocycles. The van der Waals surface area contributed by atoms with E-state index in [1.807, 2.05) is 48.7 Å². The molecule has 35 heavy (non-hydrogen) atoms. The molecule has 1 aromatic carbocycles. The van der Waals surface area contributed by atoms with E-state index >= 15 is 0 Å². The average Bonchev–Trinajstić information content (AvgIpc) is 2.84. The first-order valence-corrected chi connectivity index (χ1v) is 12.6. The van der Waals surface area contributed by atoms with E-state index < -0.39 is 6.04 Å². The van der Waals surface area contributed by atoms with Crippen LogP contribution in [0.1, 0.15) is 51.6 Å². The van der Waals surface area contributed by atoms with Gasteiger partial charge in [0.05, 0.1) is 6.61 Å². The molecule has 1 aromatic heterocycles. The molecule has 3 atom stereocenters. The number of hydrogen-bond donors (Lipinski definition) is 2. The Morgan fingerprint density at radius 2 is 1.86 bits per heavy atom. The van der Waals surface area contributed by atoms with E-state index in [1.165, 1.54) is 0 Å². The number of hydrogen-bond acceptors (Lipinski definition) is 4. The van der Waals surface area contributed by atoms with Crippen molar-refractivity contribution in [3.8, 4) is 5.75 Å². The average molecular weight is 481 g/mol. The Hall–Kier alpha value is -3.29. The Labute approximate surface area is 206 Å². The quantitative estimate of drug-likeness (QED) is 0.562. The van der Waals surface area contributed by atoms with Gasteiger partial charge in [0, 0.05) is 43.0 Å². The van der Waals surface area contributed by atoms with Gasteiger partial charge in [0.15, 0.2) is 0 Å². The molecule has 2 aliphatic rings. The van der Waals surface area contributed by atoms with Gasteiger partial charge in [0.2, 0.25) is 5.91 Å². The fraction of sp³-hybridized carbons (Fsp3) is 0.519. The van der Waals surface area contributed by atoms with Gasteiger partial charge >= 0.3 is 6.03 Å². The standard InChI is InChI=1S/C27H36N4O4/c1-4-5-13-35-22-11-9-21(10-12-22)28-26(33)25(18(2)3)29-27(34)30-15-19-14-20(17-30)23-7-6-8-24(32)31(23)16-19/h6-12,18-20,25H,4-5,13-17H2,1-3H3,(H,28,33)(H,29,34). The predicted octanol–water partition coefficient (Wildman–Crippen LogP) is 3.82. The molecule has 3 heterocycles. The number of amides is 3. The van der Waals surface area contributed by atoms with Gasteiger partial charge in [-0.05, 0) is 55.0 Å². The Kier molecular flexibility index (Phi) is 7.78. The Bertz CT molecular complexity index is 1100. The molecule has 2 aromatic rings. The van der Waals surface area contributed by atoms with Crippen molar-refractivity contribution < 1.29 is 14.3 Å². The first-order chi connectivity index (χ1) is 16.9. The number of carbonyl (C=O) groups is 2. The maximum Gasteiger partial charge on any atom is 0.318 e. The van der Waals surface area contributed by atoms with Crippen LogP contribution >= 0.6 is 0 Å². The summed E-state index contributed by atoms with van der Waals surface area (Å²) < 4.78 is 7.52. The van der Waals surface area contributed by atoms with Crippen molar-refractivity contribution >= 4 is 17.6 Å². The van der Waals surface area contributed by atoms with Crippen LogP contribution in [-0.4, -0.2) is 47.1 Å². The molecule has 2 aliphatic heterocycles. The van der Waals surface area contributed by atoms with E-state index in [-0.39, 0.29) is 35.3 Å². The lowest BCUT2D eigenvalue weighted by atomic mass is 9.83. The van der Waals surface area contributed by atoms with Crippen LogP contribution in [0.3, 0.4) is 0 Å². The van der Waals surface area contributed by atoms with Crippen LogP contribution in [0.25, 0.3) is 0 Å². The number of unbranched alkanes of at least 4 members (excludes halogenated alkanes) is 1. The highest BCUT2D eigenvalue weighted by Gasteiger charge is 2.37. The summed E-state index contributed by atoms with van der Waals surface area (Å²) in [5, 5.41) is 5.88. The van der Waals surface area contributed by atoms with Crippen molar-refractivity contribution in [3.05, 3.63) is 58.5 Å². The molecule has 0 spiro atoms. The minimum Gasteiger partial charge on any atom is -0.494 e. The monoisotopic (exact) mass is 480 g/mol. The normalized spacial score (nSPS) is 19.6. The summed E-state index contributed by atoms with van der Waals surface area (Å²) >= 11 is 0. The van der Waals surface area contributed by atoms with Gasteiger partial charge in [0.25, 0.3) is 5.56 Å². The summed E-state index contributed by atoms with van der Waals surface area (Å²) in [6, 6.07) is 11.7. The number of carbonyl (C=O) groups excluding carboxylic acids is 2. The van der Waals surface area contributed by atoms with E-state index in [9.17, 15) is 14.4 Å². The zero-order valence-electron chi connectivity index (χ0n) is 20.8. The highest BCUT2D eigenvalue weighted by atomic mass is 16.5. The van der Waals surface area contributed by atoms with Crippen molar-refractivity contribution in [3.63, 3.8) is 0 Å². The molecular weight excluding hydrogens is 444 g/mol. The van der Waals surface area contributed by atoms with Gasteiger partial charge in [-0.15, -0.1) is 0 Å². The van der Waals surface area contributed by atoms with Gasteiger partial charge < -0.3 is 24.8 Å². The van der Waals surface area contributed by atoms with Crippen LogP contribution in [0.4, 0.5) is 10.5 Å². The molecule has 188 valence electrons. The van der Waals surface area contributed by atoms with Crippen LogP contribution in [0.2, 0.25) is 0 Å². The molecule has 3 amide bonds. The molecule has 0 aliphatic carbocycles. The van der Waals surface area contributed by atoms with Crippen molar-refractivity contribution in [2.24, 2.45) is 11.8 Å². The zero-order chi connectivity index (χ0) is 24.9. The lowest BCUT2D eigenvalue weighted by molar-refractivity contribution is -0.118. The topological polar surface area (TPSA) is 92.7 Å². The van der Waals surface area contributed by atoms with E-state index in [1.54, 1.807) is 17.0 Å². The third kappa shape index (κ3) is 5.86. The molecule has 2 bridgehead atoms. The van der Waals surface area contributed by atoms with Crippen molar-refractivity contribution in [1.82, 2.24) is 14.8 Å². The third-order valence-corrected chi connectivity index (χ3v) is 6.88. The highest BCUT2D eigenvalue weighted by Crippen LogP contribution is 2.35. The fourth-order valence-electron chi connectivity index (χ4n) is 5.01. The van der Waals surface area contributed by atoms with Gasteiger partial charge in [-0.2, -0.15) is 0 Å². The van der Waals surface area contributed by atoms with E-state index in [0.29, 0.717) is 31.9 Å². The second-order valence-electron chi connectivity index (χ2n) is 9.99. The van der Waals surface area contributed by atoms with Crippen LogP contribution in [0.5, 0.6) is 5.75 Å². The van der Waals surface area contributed by atoms with Crippen LogP contribution in [0, 0.1) is 11.8 Å². The second-order valence-corrected chi connectivity index (χ2v) is 9.99. The number of likely N-dealkylation sites (tertiary alicyclic amines) is 1. The minimum atomic E-state index is -0.667. The number of anilines is 1. The molecule has 2 N–H and O–H groups in total. The van der Waals surface area contributed by atoms with Gasteiger partial charge in [-0.25, -0.2) is 4.79 Å². The summed E-state index contributed by atoms with van der Waals surface area (Å²) in [6.45, 7) is 8.37. The number of piperidine rings is 1. The van der Waals surface area contributed by atoms with Crippen molar-refractivity contribution in [2.75, 3.05) is 25.0 Å². The number of urea groups is 1. The first kappa shape index (κ1) is 24.8. The van der Waals surface area contributed by atoms with E-state index in [2.05, 4.69) is 17.6 Å². The molecule has 8 heteroatoms. The fourth-order valence-corrected chi connectivity index (χ4v) is 5.01. The summed E-state index contributed by atoms with van der Waals surface area (Å²) in [5.41, 5.74) is 1.67. The molecule has 4 rings (SSSR count). The summed E-state index contributed by atoms with van der Waals surface area (Å²) in [6.07, 6.45) is 3.04. The second kappa shape index (κ2) is 11.0. The number of benzene rings is 1. The number of fused-ring (bicyclic) bond motifs is 4. The summed E-state index contributed by atoms with van der Waals surface area (Å²) in [7, 11) is 0. The van der Waals surface area contributed by atoms with Crippen molar-refractivity contribution in [1.29, 1.82) is 0 Å². The largest absolute Gasteiger partial charge is 0.494 e. The minimum absolute atomic E-state index is 0.0206. The van der Waals surface area contributed by atoms with Crippen LogP contribution in [0.15, 0.2) is 47.3 Å². The number of aromatic nitrogens is 1. The number of rotatable bonds is 8. The Morgan fingerprint density at radius 1 is 1.09 bits per heavy atom. The van der Waals surface area contributed by atoms with Crippen LogP contribution in [-0.2, 0) is 11.3 Å². The predicted molar refractivity (Wildman–Crippen MR) is 136 cm³/mol.